The summed E-state index contributed by atoms with van der Waals surface area (Å²) in [6.45, 7) is 4.95. The van der Waals surface area contributed by atoms with Crippen molar-refractivity contribution in [1.29, 1.82) is 0 Å². The van der Waals surface area contributed by atoms with Crippen molar-refractivity contribution in [2.24, 2.45) is 0 Å². The lowest BCUT2D eigenvalue weighted by Gasteiger charge is -2.01. The molecule has 0 aliphatic rings. The smallest absolute Gasteiger partial charge is 0.119 e. The Morgan fingerprint density at radius 1 is 0.944 bits per heavy atom. The topological polar surface area (TPSA) is 9.23 Å². The number of benzene rings is 1. The van der Waals surface area contributed by atoms with Gasteiger partial charge in [-0.1, -0.05) is 44.4 Å². The molecule has 0 bridgehead atoms. The summed E-state index contributed by atoms with van der Waals surface area (Å²) in [7, 11) is 0. The third-order valence-electron chi connectivity index (χ3n) is 2.80. The summed E-state index contributed by atoms with van der Waals surface area (Å²) < 4.78 is 5.39. The van der Waals surface area contributed by atoms with Crippen LogP contribution >= 0.6 is 0 Å². The van der Waals surface area contributed by atoms with Gasteiger partial charge in [-0.15, -0.1) is 0 Å². The summed E-state index contributed by atoms with van der Waals surface area (Å²) >= 11 is 0. The number of rotatable bonds is 7. The molecule has 0 N–H and O–H groups in total. The fourth-order valence-corrected chi connectivity index (χ4v) is 1.78. The molecule has 18 heavy (non-hydrogen) atoms. The highest BCUT2D eigenvalue weighted by atomic mass is 16.5. The van der Waals surface area contributed by atoms with Crippen LogP contribution in [0, 0.1) is 11.8 Å². The van der Waals surface area contributed by atoms with Crippen molar-refractivity contribution in [2.45, 2.75) is 52.4 Å². The van der Waals surface area contributed by atoms with Crippen molar-refractivity contribution in [2.75, 3.05) is 6.61 Å². The summed E-state index contributed by atoms with van der Waals surface area (Å²) in [5, 5.41) is 0. The third-order valence-corrected chi connectivity index (χ3v) is 2.80. The van der Waals surface area contributed by atoms with E-state index in [0.29, 0.717) is 6.61 Å². The van der Waals surface area contributed by atoms with E-state index in [0.717, 1.165) is 17.7 Å². The molecule has 0 aliphatic heterocycles. The maximum atomic E-state index is 5.39. The maximum absolute atomic E-state index is 5.39. The van der Waals surface area contributed by atoms with E-state index in [-0.39, 0.29) is 0 Å². The van der Waals surface area contributed by atoms with Crippen molar-refractivity contribution in [3.05, 3.63) is 29.8 Å². The van der Waals surface area contributed by atoms with Crippen LogP contribution in [0.2, 0.25) is 0 Å². The van der Waals surface area contributed by atoms with Crippen LogP contribution in [0.1, 0.15) is 57.9 Å². The number of hydrogen-bond acceptors (Lipinski definition) is 1. The first-order chi connectivity index (χ1) is 8.86. The van der Waals surface area contributed by atoms with Crippen LogP contribution in [0.15, 0.2) is 24.3 Å². The Kier molecular flexibility index (Phi) is 7.80. The zero-order valence-corrected chi connectivity index (χ0v) is 11.7. The van der Waals surface area contributed by atoms with Crippen LogP contribution in [0.5, 0.6) is 5.75 Å². The monoisotopic (exact) mass is 244 g/mol. The van der Waals surface area contributed by atoms with Crippen molar-refractivity contribution in [1.82, 2.24) is 0 Å². The lowest BCUT2D eigenvalue weighted by Crippen LogP contribution is -1.90. The lowest BCUT2D eigenvalue weighted by molar-refractivity contribution is 0.340. The lowest BCUT2D eigenvalue weighted by atomic mass is 10.1. The van der Waals surface area contributed by atoms with E-state index in [4.69, 9.17) is 4.74 Å². The molecule has 0 atom stereocenters. The van der Waals surface area contributed by atoms with Gasteiger partial charge in [-0.2, -0.15) is 0 Å². The average Bonchev–Trinajstić information content (AvgIpc) is 2.40. The van der Waals surface area contributed by atoms with E-state index in [1.54, 1.807) is 0 Å². The minimum atomic E-state index is 0.711. The van der Waals surface area contributed by atoms with E-state index in [1.807, 2.05) is 31.2 Å². The molecule has 0 aliphatic carbocycles. The standard InChI is InChI=1S/C17H24O/c1-3-5-6-7-8-9-10-11-16-12-14-17(15-13-16)18-4-2/h12-15H,3-9H2,1-2H3. The number of hydrogen-bond donors (Lipinski definition) is 0. The SMILES string of the molecule is CCCCCCCC#Cc1ccc(OCC)cc1. The van der Waals surface area contributed by atoms with Gasteiger partial charge in [-0.3, -0.25) is 0 Å². The van der Waals surface area contributed by atoms with E-state index < -0.39 is 0 Å². The Labute approximate surface area is 112 Å². The van der Waals surface area contributed by atoms with Gasteiger partial charge in [0.25, 0.3) is 0 Å². The molecule has 0 unspecified atom stereocenters. The van der Waals surface area contributed by atoms with Gasteiger partial charge in [0.05, 0.1) is 6.61 Å². The first-order valence-corrected chi connectivity index (χ1v) is 7.08. The summed E-state index contributed by atoms with van der Waals surface area (Å²) in [5.74, 6) is 7.36. The minimum Gasteiger partial charge on any atom is -0.494 e. The molecule has 0 amide bonds. The molecule has 0 heterocycles. The summed E-state index contributed by atoms with van der Waals surface area (Å²) in [4.78, 5) is 0. The average molecular weight is 244 g/mol. The quantitative estimate of drug-likeness (QED) is 0.494. The Morgan fingerprint density at radius 2 is 1.67 bits per heavy atom. The predicted molar refractivity (Wildman–Crippen MR) is 77.9 cm³/mol. The molecule has 1 aromatic carbocycles. The van der Waals surface area contributed by atoms with Gasteiger partial charge in [0, 0.05) is 12.0 Å². The number of ether oxygens (including phenoxy) is 1. The van der Waals surface area contributed by atoms with Crippen LogP contribution < -0.4 is 4.74 Å². The summed E-state index contributed by atoms with van der Waals surface area (Å²) in [6.07, 6.45) is 7.55. The normalized spacial score (nSPS) is 9.67. The molecule has 0 fully saturated rings. The first kappa shape index (κ1) is 14.6. The highest BCUT2D eigenvalue weighted by molar-refractivity contribution is 5.38. The van der Waals surface area contributed by atoms with Crippen molar-refractivity contribution >= 4 is 0 Å². The fourth-order valence-electron chi connectivity index (χ4n) is 1.78. The zero-order chi connectivity index (χ0) is 13.1. The zero-order valence-electron chi connectivity index (χ0n) is 11.7. The van der Waals surface area contributed by atoms with Crippen LogP contribution in [0.25, 0.3) is 0 Å². The van der Waals surface area contributed by atoms with Gasteiger partial charge in [0.15, 0.2) is 0 Å². The van der Waals surface area contributed by atoms with Gasteiger partial charge in [-0.05, 0) is 37.6 Å². The molecule has 0 saturated carbocycles. The van der Waals surface area contributed by atoms with Crippen molar-refractivity contribution < 1.29 is 4.74 Å². The molecule has 0 spiro atoms. The Bertz CT molecular complexity index is 367. The van der Waals surface area contributed by atoms with Crippen molar-refractivity contribution in [3.8, 4) is 17.6 Å². The van der Waals surface area contributed by atoms with Crippen molar-refractivity contribution in [3.63, 3.8) is 0 Å². The van der Waals surface area contributed by atoms with Crippen LogP contribution in [0.3, 0.4) is 0 Å². The fraction of sp³-hybridized carbons (Fsp3) is 0.529. The summed E-state index contributed by atoms with van der Waals surface area (Å²) in [5.41, 5.74) is 1.08. The van der Waals surface area contributed by atoms with E-state index in [1.165, 1.54) is 32.1 Å². The molecular weight excluding hydrogens is 220 g/mol. The second-order valence-electron chi connectivity index (χ2n) is 4.42. The van der Waals surface area contributed by atoms with Gasteiger partial charge < -0.3 is 4.74 Å². The summed E-state index contributed by atoms with van der Waals surface area (Å²) in [6, 6.07) is 8.01. The molecule has 1 aromatic rings. The largest absolute Gasteiger partial charge is 0.494 e. The maximum Gasteiger partial charge on any atom is 0.119 e. The van der Waals surface area contributed by atoms with E-state index >= 15 is 0 Å². The second-order valence-corrected chi connectivity index (χ2v) is 4.42. The van der Waals surface area contributed by atoms with Gasteiger partial charge >= 0.3 is 0 Å². The van der Waals surface area contributed by atoms with Gasteiger partial charge in [0.2, 0.25) is 0 Å². The van der Waals surface area contributed by atoms with Gasteiger partial charge in [0.1, 0.15) is 5.75 Å². The van der Waals surface area contributed by atoms with Gasteiger partial charge in [-0.25, -0.2) is 0 Å². The van der Waals surface area contributed by atoms with E-state index in [9.17, 15) is 0 Å². The number of unbranched alkanes of at least 4 members (excludes halogenated alkanes) is 5. The Morgan fingerprint density at radius 3 is 2.33 bits per heavy atom. The minimum absolute atomic E-state index is 0.711. The molecule has 0 radical (unpaired) electrons. The second kappa shape index (κ2) is 9.59. The molecule has 0 aromatic heterocycles. The molecule has 1 rings (SSSR count). The molecular formula is C17H24O. The van der Waals surface area contributed by atoms with Crippen LogP contribution in [-0.4, -0.2) is 6.61 Å². The highest BCUT2D eigenvalue weighted by Crippen LogP contribution is 2.11. The highest BCUT2D eigenvalue weighted by Gasteiger charge is 1.91. The third kappa shape index (κ3) is 6.35. The molecule has 1 heteroatoms. The molecule has 0 saturated heterocycles. The van der Waals surface area contributed by atoms with Crippen LogP contribution in [0.4, 0.5) is 0 Å². The first-order valence-electron chi connectivity index (χ1n) is 7.08. The van der Waals surface area contributed by atoms with Crippen LogP contribution in [-0.2, 0) is 0 Å². The Hall–Kier alpha value is -1.42. The molecule has 1 nitrogen and oxygen atoms in total. The Balaban J connectivity index is 2.25. The molecule has 98 valence electrons. The van der Waals surface area contributed by atoms with E-state index in [2.05, 4.69) is 18.8 Å². The predicted octanol–water partition coefficient (Wildman–Crippen LogP) is 4.80.